The number of carbonyl (C=O) groups is 2. The van der Waals surface area contributed by atoms with Gasteiger partial charge in [-0.1, -0.05) is 34.1 Å². The highest BCUT2D eigenvalue weighted by molar-refractivity contribution is 8.00. The number of anilines is 1. The first kappa shape index (κ1) is 39.6. The molecule has 3 aliphatic heterocycles. The molecule has 3 fully saturated rings. The van der Waals surface area contributed by atoms with Crippen molar-refractivity contribution < 1.29 is 37.0 Å². The van der Waals surface area contributed by atoms with Gasteiger partial charge in [0.15, 0.2) is 5.60 Å². The molecular formula is C37H51F3N4O5S. The summed E-state index contributed by atoms with van der Waals surface area (Å²) in [5.41, 5.74) is -0.281. The summed E-state index contributed by atoms with van der Waals surface area (Å²) in [4.78, 5) is 36.4. The normalized spacial score (nSPS) is 23.0. The Kier molecular flexibility index (Phi) is 13.0. The molecule has 13 heteroatoms. The van der Waals surface area contributed by atoms with Crippen LogP contribution in [-0.2, 0) is 9.47 Å². The molecule has 9 nitrogen and oxygen atoms in total. The molecule has 3 atom stereocenters. The van der Waals surface area contributed by atoms with Crippen molar-refractivity contribution in [2.24, 2.45) is 22.7 Å². The van der Waals surface area contributed by atoms with E-state index in [1.54, 1.807) is 26.2 Å². The second kappa shape index (κ2) is 16.5. The Balaban J connectivity index is 0.000000402. The van der Waals surface area contributed by atoms with E-state index in [9.17, 15) is 22.8 Å². The molecule has 2 bridgehead atoms. The van der Waals surface area contributed by atoms with Crippen LogP contribution in [0.25, 0.3) is 0 Å². The lowest BCUT2D eigenvalue weighted by Crippen LogP contribution is -2.66. The Labute approximate surface area is 297 Å². The number of nitrogens with zero attached hydrogens (tertiary/aromatic N) is 2. The van der Waals surface area contributed by atoms with Gasteiger partial charge in [-0.05, 0) is 81.9 Å². The standard InChI is InChI=1S/C26H27F3N4O4S.C11H24O/c1-14-10-16(22(34)33-24-6-8-25(9-7-24,37-13-24)26(27,28)29)18(11-30-14)32-23(35)20-19(36-3)5-4-17-21(20)38-12-15(2)31-17;1-6-10(3)11(4)7-9(2)8-12-5/h4-5,10-11H,6-9,12-13H2,1-3H3,(H,32,35)(H,33,34);9-11H,6-8H2,1-5H3. The summed E-state index contributed by atoms with van der Waals surface area (Å²) in [6.45, 7) is 13.5. The van der Waals surface area contributed by atoms with E-state index in [2.05, 4.69) is 48.3 Å². The number of ether oxygens (including phenoxy) is 3. The Hall–Kier alpha value is -3.16. The summed E-state index contributed by atoms with van der Waals surface area (Å²) in [5.74, 6) is 2.37. The molecule has 2 saturated heterocycles. The van der Waals surface area contributed by atoms with Crippen molar-refractivity contribution in [2.75, 3.05) is 38.5 Å². The lowest BCUT2D eigenvalue weighted by molar-refractivity contribution is -0.317. The number of pyridine rings is 1. The van der Waals surface area contributed by atoms with Gasteiger partial charge in [0.2, 0.25) is 0 Å². The van der Waals surface area contributed by atoms with Crippen molar-refractivity contribution in [3.63, 3.8) is 0 Å². The SMILES string of the molecule is CCC(C)C(C)CC(C)COC.COc1ccc2c(c1C(=O)Nc1cnc(C)cc1C(=O)NC13CCC(C(F)(F)F)(CC1)OC3)SCC(C)=N2. The lowest BCUT2D eigenvalue weighted by atomic mass is 9.70. The number of aliphatic imine (C=N–C) groups is 1. The van der Waals surface area contributed by atoms with Crippen LogP contribution in [0.2, 0.25) is 0 Å². The first-order valence-corrected chi connectivity index (χ1v) is 18.2. The van der Waals surface area contributed by atoms with Crippen LogP contribution in [0.3, 0.4) is 0 Å². The van der Waals surface area contributed by atoms with Gasteiger partial charge in [-0.2, -0.15) is 13.2 Å². The van der Waals surface area contributed by atoms with Gasteiger partial charge in [-0.15, -0.1) is 11.8 Å². The number of hydrogen-bond donors (Lipinski definition) is 2. The first-order chi connectivity index (χ1) is 23.6. The van der Waals surface area contributed by atoms with Gasteiger partial charge in [0.05, 0.1) is 48.0 Å². The monoisotopic (exact) mass is 720 g/mol. The van der Waals surface area contributed by atoms with Crippen LogP contribution in [0.1, 0.15) is 99.6 Å². The zero-order chi connectivity index (χ0) is 36.9. The van der Waals surface area contributed by atoms with Crippen molar-refractivity contribution >= 4 is 40.7 Å². The van der Waals surface area contributed by atoms with Crippen LogP contribution in [0.4, 0.5) is 24.5 Å². The average molecular weight is 721 g/mol. The third-order valence-electron chi connectivity index (χ3n) is 10.2. The number of aromatic nitrogens is 1. The number of thioether (sulfide) groups is 1. The number of benzene rings is 1. The zero-order valence-electron chi connectivity index (χ0n) is 30.4. The highest BCUT2D eigenvalue weighted by atomic mass is 32.2. The topological polar surface area (TPSA) is 111 Å². The number of halogens is 3. The highest BCUT2D eigenvalue weighted by Crippen LogP contribution is 2.51. The summed E-state index contributed by atoms with van der Waals surface area (Å²) in [6.07, 6.45) is -0.609. The third-order valence-corrected chi connectivity index (χ3v) is 11.5. The smallest absolute Gasteiger partial charge is 0.417 e. The van der Waals surface area contributed by atoms with Crippen LogP contribution in [0.5, 0.6) is 5.75 Å². The maximum absolute atomic E-state index is 13.5. The molecule has 50 heavy (non-hydrogen) atoms. The highest BCUT2D eigenvalue weighted by Gasteiger charge is 2.63. The molecule has 1 aliphatic carbocycles. The summed E-state index contributed by atoms with van der Waals surface area (Å²) in [7, 11) is 3.25. The van der Waals surface area contributed by atoms with Crippen LogP contribution in [0.15, 0.2) is 34.3 Å². The summed E-state index contributed by atoms with van der Waals surface area (Å²) < 4.78 is 56.4. The van der Waals surface area contributed by atoms with E-state index >= 15 is 0 Å². The minimum Gasteiger partial charge on any atom is -0.496 e. The van der Waals surface area contributed by atoms with Crippen LogP contribution >= 0.6 is 11.8 Å². The van der Waals surface area contributed by atoms with Crippen LogP contribution in [0, 0.1) is 24.7 Å². The molecule has 3 unspecified atom stereocenters. The number of nitrogens with one attached hydrogen (secondary N) is 2. The van der Waals surface area contributed by atoms with E-state index in [0.717, 1.165) is 24.2 Å². The molecule has 1 aromatic carbocycles. The van der Waals surface area contributed by atoms with E-state index in [1.165, 1.54) is 44.0 Å². The third kappa shape index (κ3) is 9.00. The fourth-order valence-electron chi connectivity index (χ4n) is 6.77. The second-order valence-electron chi connectivity index (χ2n) is 14.1. The summed E-state index contributed by atoms with van der Waals surface area (Å²) in [5, 5.41) is 5.70. The molecule has 2 aromatic rings. The largest absolute Gasteiger partial charge is 0.496 e. The molecule has 4 aliphatic rings. The van der Waals surface area contributed by atoms with Gasteiger partial charge < -0.3 is 24.8 Å². The minimum absolute atomic E-state index is 0.147. The predicted molar refractivity (Wildman–Crippen MR) is 191 cm³/mol. The summed E-state index contributed by atoms with van der Waals surface area (Å²) in [6, 6.07) is 4.99. The van der Waals surface area contributed by atoms with Crippen LogP contribution in [-0.4, -0.2) is 73.0 Å². The number of carbonyl (C=O) groups excluding carboxylic acids is 2. The molecule has 6 rings (SSSR count). The molecule has 1 aromatic heterocycles. The number of amides is 2. The van der Waals surface area contributed by atoms with E-state index in [4.69, 9.17) is 14.2 Å². The van der Waals surface area contributed by atoms with E-state index in [1.807, 2.05) is 6.92 Å². The first-order valence-electron chi connectivity index (χ1n) is 17.3. The lowest BCUT2D eigenvalue weighted by Gasteiger charge is -2.53. The van der Waals surface area contributed by atoms with Gasteiger partial charge >= 0.3 is 6.18 Å². The number of alkyl halides is 3. The maximum atomic E-state index is 13.5. The van der Waals surface area contributed by atoms with Gasteiger partial charge in [-0.3, -0.25) is 19.6 Å². The number of aryl methyl sites for hydroxylation is 1. The van der Waals surface area contributed by atoms with Crippen molar-refractivity contribution in [3.8, 4) is 5.75 Å². The number of rotatable bonds is 11. The molecule has 0 spiro atoms. The van der Waals surface area contributed by atoms with E-state index in [-0.39, 0.29) is 43.5 Å². The average Bonchev–Trinajstić information content (AvgIpc) is 3.08. The molecular weight excluding hydrogens is 669 g/mol. The summed E-state index contributed by atoms with van der Waals surface area (Å²) >= 11 is 1.48. The van der Waals surface area contributed by atoms with Crippen molar-refractivity contribution in [3.05, 3.63) is 41.2 Å². The number of fused-ring (bicyclic) bond motifs is 4. The Morgan fingerprint density at radius 2 is 1.76 bits per heavy atom. The van der Waals surface area contributed by atoms with Crippen molar-refractivity contribution in [1.29, 1.82) is 0 Å². The fourth-order valence-corrected chi connectivity index (χ4v) is 7.79. The minimum atomic E-state index is -4.46. The number of methoxy groups -OCH3 is 2. The zero-order valence-corrected chi connectivity index (χ0v) is 31.2. The Bertz CT molecular complexity index is 1540. The molecule has 2 amide bonds. The van der Waals surface area contributed by atoms with Crippen molar-refractivity contribution in [1.82, 2.24) is 10.3 Å². The fraction of sp³-hybridized carbons (Fsp3) is 0.622. The molecule has 2 N–H and O–H groups in total. The van der Waals surface area contributed by atoms with Gasteiger partial charge in [0.1, 0.15) is 5.75 Å². The van der Waals surface area contributed by atoms with Crippen molar-refractivity contribution in [2.45, 2.75) is 102 Å². The quantitative estimate of drug-likeness (QED) is 0.239. The molecule has 0 radical (unpaired) electrons. The van der Waals surface area contributed by atoms with E-state index < -0.39 is 29.1 Å². The maximum Gasteiger partial charge on any atom is 0.417 e. The van der Waals surface area contributed by atoms with E-state index in [0.29, 0.717) is 39.3 Å². The Morgan fingerprint density at radius 1 is 1.06 bits per heavy atom. The van der Waals surface area contributed by atoms with Crippen LogP contribution < -0.4 is 15.4 Å². The molecule has 1 saturated carbocycles. The Morgan fingerprint density at radius 3 is 2.34 bits per heavy atom. The van der Waals surface area contributed by atoms with Gasteiger partial charge in [-0.25, -0.2) is 0 Å². The van der Waals surface area contributed by atoms with Gasteiger partial charge in [0.25, 0.3) is 11.8 Å². The molecule has 276 valence electrons. The number of hydrogen-bond acceptors (Lipinski definition) is 8. The predicted octanol–water partition coefficient (Wildman–Crippen LogP) is 8.56. The molecule has 4 heterocycles. The second-order valence-corrected chi connectivity index (χ2v) is 15.1. The van der Waals surface area contributed by atoms with Gasteiger partial charge in [0, 0.05) is 35.8 Å².